The molecule has 0 saturated heterocycles. The first-order valence-electron chi connectivity index (χ1n) is 11.5. The van der Waals surface area contributed by atoms with Crippen molar-refractivity contribution in [3.8, 4) is 0 Å². The van der Waals surface area contributed by atoms with Crippen molar-refractivity contribution in [3.63, 3.8) is 0 Å². The molecule has 0 aliphatic carbocycles. The van der Waals surface area contributed by atoms with Crippen LogP contribution in [0.2, 0.25) is 0 Å². The topological polar surface area (TPSA) is 0 Å². The first-order chi connectivity index (χ1) is 16.1. The monoisotopic (exact) mass is 424 g/mol. The fraction of sp³-hybridized carbons (Fsp3) is 0.0909. The fourth-order valence-electron chi connectivity index (χ4n) is 4.88. The van der Waals surface area contributed by atoms with Gasteiger partial charge in [0.1, 0.15) is 0 Å². The van der Waals surface area contributed by atoms with Gasteiger partial charge in [-0.3, -0.25) is 0 Å². The van der Waals surface area contributed by atoms with E-state index in [9.17, 15) is 0 Å². The quantitative estimate of drug-likeness (QED) is 0.153. The summed E-state index contributed by atoms with van der Waals surface area (Å²) in [5, 5.41) is 7.77. The van der Waals surface area contributed by atoms with E-state index in [1.165, 1.54) is 60.2 Å². The first kappa shape index (κ1) is 21.0. The molecule has 0 N–H and O–H groups in total. The fourth-order valence-corrected chi connectivity index (χ4v) is 4.88. The van der Waals surface area contributed by atoms with Gasteiger partial charge in [-0.05, 0) is 81.4 Å². The molecule has 0 nitrogen and oxygen atoms in total. The summed E-state index contributed by atoms with van der Waals surface area (Å²) in [5.41, 5.74) is 7.28. The van der Waals surface area contributed by atoms with E-state index >= 15 is 0 Å². The molecule has 160 valence electrons. The zero-order chi connectivity index (χ0) is 22.9. The van der Waals surface area contributed by atoms with Crippen LogP contribution in [0.15, 0.2) is 115 Å². The Bertz CT molecular complexity index is 1550. The van der Waals surface area contributed by atoms with Gasteiger partial charge >= 0.3 is 0 Å². The molecule has 0 radical (unpaired) electrons. The maximum absolute atomic E-state index is 4.19. The Kier molecular flexibility index (Phi) is 5.44. The summed E-state index contributed by atoms with van der Waals surface area (Å²) < 4.78 is 0. The van der Waals surface area contributed by atoms with Crippen LogP contribution in [0.3, 0.4) is 0 Å². The number of allylic oxidation sites excluding steroid dienone is 5. The van der Waals surface area contributed by atoms with E-state index in [0.717, 1.165) is 5.57 Å². The lowest BCUT2D eigenvalue weighted by molar-refractivity contribution is 1.39. The number of fused-ring (bicyclic) bond motifs is 6. The summed E-state index contributed by atoms with van der Waals surface area (Å²) in [4.78, 5) is 0. The van der Waals surface area contributed by atoms with Gasteiger partial charge in [-0.2, -0.15) is 0 Å². The van der Waals surface area contributed by atoms with Crippen molar-refractivity contribution in [3.05, 3.63) is 132 Å². The first-order valence-corrected chi connectivity index (χ1v) is 11.5. The molecule has 5 aromatic carbocycles. The van der Waals surface area contributed by atoms with Crippen LogP contribution in [0.1, 0.15) is 30.5 Å². The van der Waals surface area contributed by atoms with Crippen LogP contribution in [0.4, 0.5) is 0 Å². The smallest absolute Gasteiger partial charge is 0.00928 e. The molecule has 0 aromatic heterocycles. The molecule has 0 spiro atoms. The van der Waals surface area contributed by atoms with E-state index < -0.39 is 0 Å². The third-order valence-electron chi connectivity index (χ3n) is 6.31. The highest BCUT2D eigenvalue weighted by Crippen LogP contribution is 2.38. The molecule has 0 atom stereocenters. The van der Waals surface area contributed by atoms with Crippen molar-refractivity contribution in [1.29, 1.82) is 0 Å². The second kappa shape index (κ2) is 8.56. The molecule has 33 heavy (non-hydrogen) atoms. The number of aryl methyl sites for hydroxylation is 1. The lowest BCUT2D eigenvalue weighted by Gasteiger charge is -2.15. The van der Waals surface area contributed by atoms with E-state index in [4.69, 9.17) is 0 Å². The summed E-state index contributed by atoms with van der Waals surface area (Å²) in [6, 6.07) is 33.0. The largest absolute Gasteiger partial charge is 0.0984 e. The van der Waals surface area contributed by atoms with Crippen LogP contribution in [0.5, 0.6) is 0 Å². The van der Waals surface area contributed by atoms with Gasteiger partial charge in [-0.15, -0.1) is 0 Å². The predicted octanol–water partition coefficient (Wildman–Crippen LogP) is 9.52. The standard InChI is InChI=1S/C33H28/c1-5-26(24-12-10-11-23(4)20-24)32(19-22(2)3)25-17-18-31-29-15-7-6-13-27(29)28-14-8-9-16-30(28)33(31)21-25/h5-21H,1H2,2-4H3/b32-26-. The van der Waals surface area contributed by atoms with Gasteiger partial charge in [-0.25, -0.2) is 0 Å². The average Bonchev–Trinajstić information content (AvgIpc) is 2.83. The number of benzene rings is 5. The molecular formula is C33H28. The Morgan fingerprint density at radius 3 is 1.67 bits per heavy atom. The minimum atomic E-state index is 1.16. The maximum atomic E-state index is 4.19. The molecular weight excluding hydrogens is 396 g/mol. The SMILES string of the molecule is C=C/C(=C(\C=C(C)C)c1ccc2c3ccccc3c3ccccc3c2c1)c1cccc(C)c1. The van der Waals surface area contributed by atoms with Crippen LogP contribution in [-0.4, -0.2) is 0 Å². The summed E-state index contributed by atoms with van der Waals surface area (Å²) >= 11 is 0. The van der Waals surface area contributed by atoms with Gasteiger partial charge in [-0.1, -0.05) is 115 Å². The van der Waals surface area contributed by atoms with E-state index in [1.54, 1.807) is 0 Å². The van der Waals surface area contributed by atoms with E-state index in [-0.39, 0.29) is 0 Å². The van der Waals surface area contributed by atoms with E-state index in [0.29, 0.717) is 0 Å². The molecule has 5 aromatic rings. The van der Waals surface area contributed by atoms with Crippen LogP contribution >= 0.6 is 0 Å². The van der Waals surface area contributed by atoms with Gasteiger partial charge in [0.15, 0.2) is 0 Å². The van der Waals surface area contributed by atoms with Crippen molar-refractivity contribution < 1.29 is 0 Å². The Labute approximate surface area is 196 Å². The molecule has 0 bridgehead atoms. The van der Waals surface area contributed by atoms with Gasteiger partial charge in [0.25, 0.3) is 0 Å². The second-order valence-electron chi connectivity index (χ2n) is 8.97. The van der Waals surface area contributed by atoms with Crippen LogP contribution in [-0.2, 0) is 0 Å². The summed E-state index contributed by atoms with van der Waals surface area (Å²) in [5.74, 6) is 0. The molecule has 0 aliphatic heterocycles. The second-order valence-corrected chi connectivity index (χ2v) is 8.97. The van der Waals surface area contributed by atoms with Crippen molar-refractivity contribution in [2.45, 2.75) is 20.8 Å². The molecule has 0 unspecified atom stereocenters. The summed E-state index contributed by atoms with van der Waals surface area (Å²) in [6.07, 6.45) is 4.27. The van der Waals surface area contributed by atoms with E-state index in [2.05, 4.69) is 124 Å². The van der Waals surface area contributed by atoms with Gasteiger partial charge in [0.2, 0.25) is 0 Å². The van der Waals surface area contributed by atoms with Gasteiger partial charge in [0, 0.05) is 0 Å². The van der Waals surface area contributed by atoms with Crippen molar-refractivity contribution in [2.75, 3.05) is 0 Å². The van der Waals surface area contributed by atoms with Crippen molar-refractivity contribution >= 4 is 43.5 Å². The zero-order valence-corrected chi connectivity index (χ0v) is 19.5. The van der Waals surface area contributed by atoms with Crippen LogP contribution in [0, 0.1) is 6.92 Å². The summed E-state index contributed by atoms with van der Waals surface area (Å²) in [7, 11) is 0. The highest BCUT2D eigenvalue weighted by Gasteiger charge is 2.12. The maximum Gasteiger partial charge on any atom is -0.00928 e. The normalized spacial score (nSPS) is 12.1. The molecule has 0 heteroatoms. The zero-order valence-electron chi connectivity index (χ0n) is 19.5. The lowest BCUT2D eigenvalue weighted by Crippen LogP contribution is -1.92. The summed E-state index contributed by atoms with van der Waals surface area (Å²) in [6.45, 7) is 10.6. The van der Waals surface area contributed by atoms with Gasteiger partial charge in [0.05, 0.1) is 0 Å². The highest BCUT2D eigenvalue weighted by molar-refractivity contribution is 6.25. The molecule has 0 fully saturated rings. The number of hydrogen-bond acceptors (Lipinski definition) is 0. The third kappa shape index (κ3) is 3.79. The number of rotatable bonds is 4. The predicted molar refractivity (Wildman–Crippen MR) is 147 cm³/mol. The molecule has 0 amide bonds. The Hall–Kier alpha value is -3.90. The molecule has 5 rings (SSSR count). The van der Waals surface area contributed by atoms with E-state index in [1.807, 2.05) is 6.08 Å². The lowest BCUT2D eigenvalue weighted by atomic mass is 9.89. The van der Waals surface area contributed by atoms with Crippen LogP contribution in [0.25, 0.3) is 43.5 Å². The van der Waals surface area contributed by atoms with Crippen molar-refractivity contribution in [1.82, 2.24) is 0 Å². The highest BCUT2D eigenvalue weighted by atomic mass is 14.2. The minimum Gasteiger partial charge on any atom is -0.0984 e. The third-order valence-corrected chi connectivity index (χ3v) is 6.31. The average molecular weight is 425 g/mol. The molecule has 0 aliphatic rings. The Balaban J connectivity index is 1.88. The Morgan fingerprint density at radius 2 is 1.12 bits per heavy atom. The van der Waals surface area contributed by atoms with Crippen LogP contribution < -0.4 is 0 Å². The minimum absolute atomic E-state index is 1.16. The van der Waals surface area contributed by atoms with Gasteiger partial charge < -0.3 is 0 Å². The molecule has 0 heterocycles. The van der Waals surface area contributed by atoms with Crippen molar-refractivity contribution in [2.24, 2.45) is 0 Å². The number of hydrogen-bond donors (Lipinski definition) is 0. The Morgan fingerprint density at radius 1 is 0.576 bits per heavy atom. The molecule has 0 saturated carbocycles.